The van der Waals surface area contributed by atoms with Crippen LogP contribution < -0.4 is 5.32 Å². The standard InChI is InChI=1S/C14H20F3N3/c1-19-8-10-20(11-9-19)7-6-18-13-4-2-12(3-5-13)14(15,16)17/h2-5,18H,6-11H2,1H3. The normalized spacial score (nSPS) is 18.2. The molecule has 2 rings (SSSR count). The lowest BCUT2D eigenvalue weighted by Crippen LogP contribution is -2.45. The van der Waals surface area contributed by atoms with Crippen molar-refractivity contribution in [3.05, 3.63) is 29.8 Å². The van der Waals surface area contributed by atoms with Crippen molar-refractivity contribution in [3.8, 4) is 0 Å². The summed E-state index contributed by atoms with van der Waals surface area (Å²) in [6.07, 6.45) is -4.27. The van der Waals surface area contributed by atoms with Gasteiger partial charge < -0.3 is 10.2 Å². The van der Waals surface area contributed by atoms with Gasteiger partial charge in [-0.15, -0.1) is 0 Å². The Hall–Kier alpha value is -1.27. The smallest absolute Gasteiger partial charge is 0.384 e. The number of piperazine rings is 1. The molecule has 1 aromatic carbocycles. The van der Waals surface area contributed by atoms with Gasteiger partial charge in [-0.25, -0.2) is 0 Å². The van der Waals surface area contributed by atoms with Gasteiger partial charge in [-0.3, -0.25) is 4.90 Å². The second kappa shape index (κ2) is 6.45. The molecule has 1 heterocycles. The number of rotatable bonds is 4. The minimum absolute atomic E-state index is 0.609. The molecule has 0 aromatic heterocycles. The van der Waals surface area contributed by atoms with Crippen molar-refractivity contribution < 1.29 is 13.2 Å². The van der Waals surface area contributed by atoms with Gasteiger partial charge in [-0.1, -0.05) is 0 Å². The van der Waals surface area contributed by atoms with Crippen molar-refractivity contribution >= 4 is 5.69 Å². The SMILES string of the molecule is CN1CCN(CCNc2ccc(C(F)(F)F)cc2)CC1. The van der Waals surface area contributed by atoms with E-state index < -0.39 is 11.7 Å². The number of halogens is 3. The molecule has 3 nitrogen and oxygen atoms in total. The van der Waals surface area contributed by atoms with Gasteiger partial charge in [0.25, 0.3) is 0 Å². The third-order valence-corrected chi connectivity index (χ3v) is 3.57. The van der Waals surface area contributed by atoms with Crippen LogP contribution in [0.3, 0.4) is 0 Å². The molecule has 0 amide bonds. The Kier molecular flexibility index (Phi) is 4.88. The Bertz CT molecular complexity index is 409. The van der Waals surface area contributed by atoms with E-state index >= 15 is 0 Å². The van der Waals surface area contributed by atoms with Gasteiger partial charge in [0.15, 0.2) is 0 Å². The summed E-state index contributed by atoms with van der Waals surface area (Å²) in [5.74, 6) is 0. The molecule has 1 aromatic rings. The predicted molar refractivity (Wildman–Crippen MR) is 73.9 cm³/mol. The summed E-state index contributed by atoms with van der Waals surface area (Å²) in [7, 11) is 2.11. The van der Waals surface area contributed by atoms with E-state index in [2.05, 4.69) is 22.2 Å². The van der Waals surface area contributed by atoms with Crippen molar-refractivity contribution in [1.82, 2.24) is 9.80 Å². The second-order valence-electron chi connectivity index (χ2n) is 5.15. The molecule has 0 unspecified atom stereocenters. The lowest BCUT2D eigenvalue weighted by molar-refractivity contribution is -0.137. The number of likely N-dealkylation sites (N-methyl/N-ethyl adjacent to an activating group) is 1. The molecule has 1 saturated heterocycles. The zero-order valence-corrected chi connectivity index (χ0v) is 11.6. The van der Waals surface area contributed by atoms with Gasteiger partial charge in [-0.2, -0.15) is 13.2 Å². The predicted octanol–water partition coefficient (Wildman–Crippen LogP) is 2.36. The molecule has 0 saturated carbocycles. The molecule has 0 atom stereocenters. The van der Waals surface area contributed by atoms with Crippen LogP contribution >= 0.6 is 0 Å². The summed E-state index contributed by atoms with van der Waals surface area (Å²) in [6.45, 7) is 5.89. The van der Waals surface area contributed by atoms with Crippen LogP contribution in [0.15, 0.2) is 24.3 Å². The highest BCUT2D eigenvalue weighted by Crippen LogP contribution is 2.29. The quantitative estimate of drug-likeness (QED) is 0.917. The minimum Gasteiger partial charge on any atom is -0.384 e. The van der Waals surface area contributed by atoms with Crippen molar-refractivity contribution in [2.45, 2.75) is 6.18 Å². The van der Waals surface area contributed by atoms with Gasteiger partial charge in [0.2, 0.25) is 0 Å². The first-order chi connectivity index (χ1) is 9.45. The van der Waals surface area contributed by atoms with Crippen LogP contribution in [0.1, 0.15) is 5.56 Å². The average Bonchev–Trinajstić information content (AvgIpc) is 2.41. The summed E-state index contributed by atoms with van der Waals surface area (Å²) < 4.78 is 37.2. The topological polar surface area (TPSA) is 18.5 Å². The molecule has 0 spiro atoms. The van der Waals surface area contributed by atoms with E-state index in [1.165, 1.54) is 12.1 Å². The second-order valence-corrected chi connectivity index (χ2v) is 5.15. The Balaban J connectivity index is 1.74. The molecule has 1 aliphatic rings. The van der Waals surface area contributed by atoms with E-state index in [1.54, 1.807) is 0 Å². The lowest BCUT2D eigenvalue weighted by Gasteiger charge is -2.32. The number of nitrogens with one attached hydrogen (secondary N) is 1. The van der Waals surface area contributed by atoms with Crippen molar-refractivity contribution in [2.24, 2.45) is 0 Å². The molecule has 20 heavy (non-hydrogen) atoms. The first-order valence-electron chi connectivity index (χ1n) is 6.77. The summed E-state index contributed by atoms with van der Waals surface area (Å²) in [5, 5.41) is 3.16. The zero-order chi connectivity index (χ0) is 14.6. The lowest BCUT2D eigenvalue weighted by atomic mass is 10.2. The number of anilines is 1. The number of hydrogen-bond donors (Lipinski definition) is 1. The summed E-state index contributed by atoms with van der Waals surface area (Å²) in [6, 6.07) is 5.18. The maximum absolute atomic E-state index is 12.4. The van der Waals surface area contributed by atoms with E-state index in [0.717, 1.165) is 57.1 Å². The first-order valence-corrected chi connectivity index (χ1v) is 6.77. The minimum atomic E-state index is -4.27. The van der Waals surface area contributed by atoms with Crippen LogP contribution in [0.25, 0.3) is 0 Å². The highest BCUT2D eigenvalue weighted by Gasteiger charge is 2.29. The molecule has 6 heteroatoms. The summed E-state index contributed by atoms with van der Waals surface area (Å²) in [4.78, 5) is 4.65. The Morgan fingerprint density at radius 1 is 1.05 bits per heavy atom. The maximum atomic E-state index is 12.4. The van der Waals surface area contributed by atoms with E-state index in [9.17, 15) is 13.2 Å². The average molecular weight is 287 g/mol. The van der Waals surface area contributed by atoms with E-state index in [4.69, 9.17) is 0 Å². The third-order valence-electron chi connectivity index (χ3n) is 3.57. The van der Waals surface area contributed by atoms with Crippen LogP contribution in [0.5, 0.6) is 0 Å². The van der Waals surface area contributed by atoms with Crippen molar-refractivity contribution in [3.63, 3.8) is 0 Å². The zero-order valence-electron chi connectivity index (χ0n) is 11.6. The monoisotopic (exact) mass is 287 g/mol. The van der Waals surface area contributed by atoms with E-state index in [-0.39, 0.29) is 0 Å². The number of hydrogen-bond acceptors (Lipinski definition) is 3. The highest BCUT2D eigenvalue weighted by atomic mass is 19.4. The van der Waals surface area contributed by atoms with Gasteiger partial charge in [0, 0.05) is 45.0 Å². The third kappa shape index (κ3) is 4.38. The fourth-order valence-electron chi connectivity index (χ4n) is 2.21. The van der Waals surface area contributed by atoms with Gasteiger partial charge >= 0.3 is 6.18 Å². The van der Waals surface area contributed by atoms with Crippen LogP contribution in [-0.2, 0) is 6.18 Å². The Morgan fingerprint density at radius 2 is 1.65 bits per heavy atom. The van der Waals surface area contributed by atoms with Crippen LogP contribution in [0.2, 0.25) is 0 Å². The Labute approximate surface area is 117 Å². The molecule has 1 fully saturated rings. The summed E-state index contributed by atoms with van der Waals surface area (Å²) >= 11 is 0. The van der Waals surface area contributed by atoms with E-state index in [1.807, 2.05) is 0 Å². The number of benzene rings is 1. The molecule has 1 N–H and O–H groups in total. The molecule has 0 aliphatic carbocycles. The molecule has 0 radical (unpaired) electrons. The van der Waals surface area contributed by atoms with Gasteiger partial charge in [0.1, 0.15) is 0 Å². The fraction of sp³-hybridized carbons (Fsp3) is 0.571. The molecule has 1 aliphatic heterocycles. The highest BCUT2D eigenvalue weighted by molar-refractivity contribution is 5.45. The Morgan fingerprint density at radius 3 is 2.20 bits per heavy atom. The number of nitrogens with zero attached hydrogens (tertiary/aromatic N) is 2. The van der Waals surface area contributed by atoms with Crippen LogP contribution in [0, 0.1) is 0 Å². The van der Waals surface area contributed by atoms with Crippen LogP contribution in [-0.4, -0.2) is 56.1 Å². The van der Waals surface area contributed by atoms with Gasteiger partial charge in [-0.05, 0) is 31.3 Å². The van der Waals surface area contributed by atoms with E-state index in [0.29, 0.717) is 0 Å². The van der Waals surface area contributed by atoms with Crippen molar-refractivity contribution in [1.29, 1.82) is 0 Å². The van der Waals surface area contributed by atoms with Crippen molar-refractivity contribution in [2.75, 3.05) is 51.6 Å². The fourth-order valence-corrected chi connectivity index (χ4v) is 2.21. The summed E-state index contributed by atoms with van der Waals surface area (Å²) in [5.41, 5.74) is 0.120. The van der Waals surface area contributed by atoms with Crippen LogP contribution in [0.4, 0.5) is 18.9 Å². The van der Waals surface area contributed by atoms with Gasteiger partial charge in [0.05, 0.1) is 5.56 Å². The first kappa shape index (κ1) is 15.1. The molecular weight excluding hydrogens is 267 g/mol. The molecule has 0 bridgehead atoms. The largest absolute Gasteiger partial charge is 0.416 e. The molecular formula is C14H20F3N3. The number of alkyl halides is 3. The molecule has 112 valence electrons. The maximum Gasteiger partial charge on any atom is 0.416 e.